The van der Waals surface area contributed by atoms with Gasteiger partial charge in [-0.2, -0.15) is 0 Å². The van der Waals surface area contributed by atoms with E-state index < -0.39 is 0 Å². The van der Waals surface area contributed by atoms with Crippen LogP contribution >= 0.6 is 11.6 Å². The highest BCUT2D eigenvalue weighted by atomic mass is 35.5. The van der Waals surface area contributed by atoms with E-state index in [2.05, 4.69) is 4.98 Å². The number of rotatable bonds is 2. The summed E-state index contributed by atoms with van der Waals surface area (Å²) in [6.45, 7) is 1.88. The number of aliphatic hydroxyl groups is 1. The Morgan fingerprint density at radius 3 is 2.75 bits per heavy atom. The third kappa shape index (κ3) is 1.84. The van der Waals surface area contributed by atoms with Gasteiger partial charge in [0.1, 0.15) is 5.82 Å². The van der Waals surface area contributed by atoms with Gasteiger partial charge < -0.3 is 9.67 Å². The summed E-state index contributed by atoms with van der Waals surface area (Å²) in [6.07, 6.45) is 0. The molecule has 2 aromatic rings. The van der Waals surface area contributed by atoms with Crippen LogP contribution in [0.15, 0.2) is 24.3 Å². The van der Waals surface area contributed by atoms with Crippen LogP contribution in [0.1, 0.15) is 11.4 Å². The molecule has 0 aliphatic rings. The van der Waals surface area contributed by atoms with Crippen molar-refractivity contribution in [1.82, 2.24) is 9.55 Å². The first-order valence-electron chi connectivity index (χ1n) is 5.02. The van der Waals surface area contributed by atoms with Crippen molar-refractivity contribution in [2.75, 3.05) is 0 Å². The highest BCUT2D eigenvalue weighted by Gasteiger charge is 2.12. The number of nitrogens with zero attached hydrogens (tertiary/aromatic N) is 2. The van der Waals surface area contributed by atoms with Gasteiger partial charge in [-0.3, -0.25) is 0 Å². The molecule has 3 nitrogen and oxygen atoms in total. The zero-order valence-electron chi connectivity index (χ0n) is 9.24. The molecule has 0 aliphatic carbocycles. The summed E-state index contributed by atoms with van der Waals surface area (Å²) in [5, 5.41) is 9.91. The predicted molar refractivity (Wildman–Crippen MR) is 64.3 cm³/mol. The van der Waals surface area contributed by atoms with E-state index in [0.29, 0.717) is 5.02 Å². The number of aromatic nitrogens is 2. The topological polar surface area (TPSA) is 38.0 Å². The average Bonchev–Trinajstić information content (AvgIpc) is 2.54. The van der Waals surface area contributed by atoms with Gasteiger partial charge >= 0.3 is 0 Å². The summed E-state index contributed by atoms with van der Waals surface area (Å²) in [5.41, 5.74) is 2.63. The summed E-state index contributed by atoms with van der Waals surface area (Å²) in [5.74, 6) is 0.823. The maximum absolute atomic E-state index is 9.23. The van der Waals surface area contributed by atoms with Gasteiger partial charge in [-0.05, 0) is 19.1 Å². The molecule has 1 aromatic heterocycles. The van der Waals surface area contributed by atoms with Crippen molar-refractivity contribution < 1.29 is 5.11 Å². The van der Waals surface area contributed by atoms with Gasteiger partial charge in [0.05, 0.1) is 18.0 Å². The van der Waals surface area contributed by atoms with Crippen molar-refractivity contribution in [3.05, 3.63) is 40.7 Å². The van der Waals surface area contributed by atoms with Crippen molar-refractivity contribution >= 4 is 11.6 Å². The lowest BCUT2D eigenvalue weighted by molar-refractivity contribution is 0.272. The molecule has 0 radical (unpaired) electrons. The van der Waals surface area contributed by atoms with Crippen molar-refractivity contribution in [1.29, 1.82) is 0 Å². The Hall–Kier alpha value is -1.32. The molecule has 1 N–H and O–H groups in total. The lowest BCUT2D eigenvalue weighted by Crippen LogP contribution is -1.99. The second kappa shape index (κ2) is 4.28. The first kappa shape index (κ1) is 11.2. The molecule has 0 fully saturated rings. The summed E-state index contributed by atoms with van der Waals surface area (Å²) in [7, 11) is 1.89. The normalized spacial score (nSPS) is 10.8. The lowest BCUT2D eigenvalue weighted by Gasteiger charge is -2.04. The van der Waals surface area contributed by atoms with Crippen molar-refractivity contribution in [2.45, 2.75) is 13.5 Å². The van der Waals surface area contributed by atoms with Gasteiger partial charge in [0.25, 0.3) is 0 Å². The number of hydrogen-bond donors (Lipinski definition) is 1. The summed E-state index contributed by atoms with van der Waals surface area (Å²) >= 11 is 5.94. The molecule has 0 bridgehead atoms. The number of aryl methyl sites for hydroxylation is 1. The van der Waals surface area contributed by atoms with Gasteiger partial charge in [-0.1, -0.05) is 23.7 Å². The van der Waals surface area contributed by atoms with Crippen molar-refractivity contribution in [3.8, 4) is 11.4 Å². The van der Waals surface area contributed by atoms with E-state index in [9.17, 15) is 5.11 Å². The summed E-state index contributed by atoms with van der Waals surface area (Å²) in [4.78, 5) is 4.44. The van der Waals surface area contributed by atoms with Crippen LogP contribution in [0.4, 0.5) is 0 Å². The van der Waals surface area contributed by atoms with E-state index >= 15 is 0 Å². The first-order chi connectivity index (χ1) is 7.63. The molecular weight excluding hydrogens is 224 g/mol. The molecule has 0 amide bonds. The Morgan fingerprint density at radius 2 is 2.19 bits per heavy atom. The molecule has 0 saturated heterocycles. The molecule has 2 rings (SSSR count). The number of aliphatic hydroxyl groups excluding tert-OH is 1. The van der Waals surface area contributed by atoms with E-state index in [4.69, 9.17) is 11.6 Å². The molecule has 0 unspecified atom stereocenters. The van der Waals surface area contributed by atoms with Gasteiger partial charge in [-0.25, -0.2) is 4.98 Å². The fraction of sp³-hybridized carbons (Fsp3) is 0.250. The quantitative estimate of drug-likeness (QED) is 0.870. The minimum Gasteiger partial charge on any atom is -0.390 e. The average molecular weight is 237 g/mol. The first-order valence-corrected chi connectivity index (χ1v) is 5.40. The van der Waals surface area contributed by atoms with Crippen molar-refractivity contribution in [3.63, 3.8) is 0 Å². The second-order valence-corrected chi connectivity index (χ2v) is 4.13. The monoisotopic (exact) mass is 236 g/mol. The third-order valence-electron chi connectivity index (χ3n) is 2.65. The predicted octanol–water partition coefficient (Wildman–Crippen LogP) is 2.54. The minimum atomic E-state index is -0.00407. The maximum Gasteiger partial charge on any atom is 0.140 e. The van der Waals surface area contributed by atoms with Gasteiger partial charge in [0.15, 0.2) is 0 Å². The molecule has 1 aromatic carbocycles. The molecule has 0 aliphatic heterocycles. The van der Waals surface area contributed by atoms with Crippen LogP contribution in [0.3, 0.4) is 0 Å². The molecule has 16 heavy (non-hydrogen) atoms. The van der Waals surface area contributed by atoms with Gasteiger partial charge in [0, 0.05) is 17.6 Å². The van der Waals surface area contributed by atoms with Crippen LogP contribution in [0.2, 0.25) is 5.02 Å². The Morgan fingerprint density at radius 1 is 1.44 bits per heavy atom. The summed E-state index contributed by atoms with van der Waals surface area (Å²) in [6, 6.07) is 7.54. The SMILES string of the molecule is Cc1nc(-c2cccc(Cl)c2)n(C)c1CO. The fourth-order valence-electron chi connectivity index (χ4n) is 1.78. The van der Waals surface area contributed by atoms with Crippen LogP contribution in [0, 0.1) is 6.92 Å². The van der Waals surface area contributed by atoms with Crippen LogP contribution in [-0.4, -0.2) is 14.7 Å². The Balaban J connectivity index is 2.56. The highest BCUT2D eigenvalue weighted by molar-refractivity contribution is 6.30. The standard InChI is InChI=1S/C12H13ClN2O/c1-8-11(7-16)15(2)12(14-8)9-4-3-5-10(13)6-9/h3-6,16H,7H2,1-2H3. The smallest absolute Gasteiger partial charge is 0.140 e. The maximum atomic E-state index is 9.23. The zero-order chi connectivity index (χ0) is 11.7. The molecule has 1 heterocycles. The Bertz CT molecular complexity index is 520. The van der Waals surface area contributed by atoms with Crippen LogP contribution in [0.5, 0.6) is 0 Å². The number of hydrogen-bond acceptors (Lipinski definition) is 2. The molecule has 4 heteroatoms. The minimum absolute atomic E-state index is 0.00407. The largest absolute Gasteiger partial charge is 0.390 e. The highest BCUT2D eigenvalue weighted by Crippen LogP contribution is 2.23. The number of halogens is 1. The summed E-state index contributed by atoms with van der Waals surface area (Å²) < 4.78 is 1.89. The van der Waals surface area contributed by atoms with Crippen molar-refractivity contribution in [2.24, 2.45) is 7.05 Å². The van der Waals surface area contributed by atoms with Crippen LogP contribution < -0.4 is 0 Å². The van der Waals surface area contributed by atoms with E-state index in [1.807, 2.05) is 42.8 Å². The van der Waals surface area contributed by atoms with E-state index in [-0.39, 0.29) is 6.61 Å². The third-order valence-corrected chi connectivity index (χ3v) is 2.88. The molecule has 84 valence electrons. The van der Waals surface area contributed by atoms with E-state index in [1.54, 1.807) is 0 Å². The zero-order valence-corrected chi connectivity index (χ0v) is 9.99. The molecule has 0 spiro atoms. The number of imidazole rings is 1. The molecule has 0 saturated carbocycles. The van der Waals surface area contributed by atoms with E-state index in [1.165, 1.54) is 0 Å². The van der Waals surface area contributed by atoms with Crippen LogP contribution in [-0.2, 0) is 13.7 Å². The Labute approximate surface area is 99.3 Å². The Kier molecular flexibility index (Phi) is 2.99. The number of benzene rings is 1. The lowest BCUT2D eigenvalue weighted by atomic mass is 10.2. The van der Waals surface area contributed by atoms with Gasteiger partial charge in [0.2, 0.25) is 0 Å². The van der Waals surface area contributed by atoms with E-state index in [0.717, 1.165) is 22.8 Å². The van der Waals surface area contributed by atoms with Gasteiger partial charge in [-0.15, -0.1) is 0 Å². The fourth-order valence-corrected chi connectivity index (χ4v) is 1.97. The van der Waals surface area contributed by atoms with Crippen LogP contribution in [0.25, 0.3) is 11.4 Å². The molecule has 0 atom stereocenters. The molecular formula is C12H13ClN2O. The second-order valence-electron chi connectivity index (χ2n) is 3.69.